The summed E-state index contributed by atoms with van der Waals surface area (Å²) in [7, 11) is 3.79. The Hall–Kier alpha value is -2.65. The lowest BCUT2D eigenvalue weighted by molar-refractivity contribution is -0.141. The van der Waals surface area contributed by atoms with Gasteiger partial charge in [0, 0.05) is 38.4 Å². The molecule has 9 heteroatoms. The van der Waals surface area contributed by atoms with Gasteiger partial charge in [-0.05, 0) is 68.6 Å². The maximum atomic E-state index is 13.2. The lowest BCUT2D eigenvalue weighted by atomic mass is 9.97. The van der Waals surface area contributed by atoms with Crippen molar-refractivity contribution in [1.82, 2.24) is 19.7 Å². The van der Waals surface area contributed by atoms with Crippen molar-refractivity contribution in [3.8, 4) is 0 Å². The fraction of sp³-hybridized carbons (Fsp3) is 0.538. The van der Waals surface area contributed by atoms with Crippen LogP contribution in [0.5, 0.6) is 0 Å². The van der Waals surface area contributed by atoms with E-state index in [0.717, 1.165) is 37.2 Å². The normalized spacial score (nSPS) is 16.3. The average molecular weight is 490 g/mol. The zero-order valence-corrected chi connectivity index (χ0v) is 20.4. The summed E-state index contributed by atoms with van der Waals surface area (Å²) in [5.41, 5.74) is 2.80. The van der Waals surface area contributed by atoms with Crippen molar-refractivity contribution in [3.63, 3.8) is 0 Å². The summed E-state index contributed by atoms with van der Waals surface area (Å²) < 4.78 is 39.3. The highest BCUT2D eigenvalue weighted by atomic mass is 19.4. The SMILES string of the molecule is CN(C)CCN(Cc1cccc(C(F)(F)F)n1)C(=O)CNc1cccc2c1CCN(CC1CC1)C2. The van der Waals surface area contributed by atoms with E-state index in [9.17, 15) is 18.0 Å². The third-order valence-corrected chi connectivity index (χ3v) is 6.61. The third kappa shape index (κ3) is 7.18. The quantitative estimate of drug-likeness (QED) is 0.549. The first kappa shape index (κ1) is 25.4. The molecule has 0 radical (unpaired) electrons. The second-order valence-electron chi connectivity index (χ2n) is 9.86. The standard InChI is InChI=1S/C26H34F3N5O/c1-32(2)13-14-34(18-21-6-4-8-24(31-21)26(27,28)29)25(35)15-30-23-7-3-5-20-17-33(12-11-22(20)23)16-19-9-10-19/h3-8,19,30H,9-18H2,1-2H3. The number of hydrogen-bond acceptors (Lipinski definition) is 5. The van der Waals surface area contributed by atoms with Crippen LogP contribution in [0.3, 0.4) is 0 Å². The number of carbonyl (C=O) groups excluding carboxylic acids is 1. The molecule has 1 amide bonds. The van der Waals surface area contributed by atoms with Crippen LogP contribution in [0.2, 0.25) is 0 Å². The molecule has 6 nitrogen and oxygen atoms in total. The van der Waals surface area contributed by atoms with Crippen LogP contribution in [-0.2, 0) is 30.5 Å². The molecule has 1 aliphatic heterocycles. The zero-order chi connectivity index (χ0) is 25.0. The summed E-state index contributed by atoms with van der Waals surface area (Å²) in [6, 6.07) is 9.98. The van der Waals surface area contributed by atoms with Crippen LogP contribution in [-0.4, -0.2) is 72.4 Å². The van der Waals surface area contributed by atoms with E-state index < -0.39 is 11.9 Å². The summed E-state index contributed by atoms with van der Waals surface area (Å²) in [6.45, 7) is 4.23. The van der Waals surface area contributed by atoms with Crippen molar-refractivity contribution in [2.24, 2.45) is 5.92 Å². The number of carbonyl (C=O) groups is 1. The van der Waals surface area contributed by atoms with Crippen molar-refractivity contribution >= 4 is 11.6 Å². The molecule has 0 spiro atoms. The van der Waals surface area contributed by atoms with Gasteiger partial charge in [0.2, 0.25) is 5.91 Å². The van der Waals surface area contributed by atoms with Crippen molar-refractivity contribution < 1.29 is 18.0 Å². The predicted octanol–water partition coefficient (Wildman–Crippen LogP) is 3.87. The predicted molar refractivity (Wildman–Crippen MR) is 130 cm³/mol. The van der Waals surface area contributed by atoms with E-state index in [2.05, 4.69) is 21.3 Å². The largest absolute Gasteiger partial charge is 0.433 e. The fourth-order valence-corrected chi connectivity index (χ4v) is 4.47. The number of rotatable bonds is 10. The van der Waals surface area contributed by atoms with E-state index in [1.807, 2.05) is 31.1 Å². The van der Waals surface area contributed by atoms with Gasteiger partial charge >= 0.3 is 6.18 Å². The summed E-state index contributed by atoms with van der Waals surface area (Å²) in [4.78, 5) is 22.9. The van der Waals surface area contributed by atoms with Crippen LogP contribution < -0.4 is 5.32 Å². The van der Waals surface area contributed by atoms with Crippen LogP contribution in [0.15, 0.2) is 36.4 Å². The molecule has 1 aromatic heterocycles. The van der Waals surface area contributed by atoms with Crippen LogP contribution in [0.1, 0.15) is 35.4 Å². The number of halogens is 3. The molecule has 0 atom stereocenters. The molecule has 0 unspecified atom stereocenters. The first-order chi connectivity index (χ1) is 16.7. The van der Waals surface area contributed by atoms with Gasteiger partial charge in [-0.3, -0.25) is 9.69 Å². The zero-order valence-electron chi connectivity index (χ0n) is 20.4. The Morgan fingerprint density at radius 3 is 2.63 bits per heavy atom. The number of nitrogens with zero attached hydrogens (tertiary/aromatic N) is 4. The van der Waals surface area contributed by atoms with Gasteiger partial charge in [-0.1, -0.05) is 18.2 Å². The van der Waals surface area contributed by atoms with E-state index in [1.165, 1.54) is 42.6 Å². The number of benzene rings is 1. The monoisotopic (exact) mass is 489 g/mol. The number of amides is 1. The molecule has 2 aliphatic rings. The number of alkyl halides is 3. The number of hydrogen-bond donors (Lipinski definition) is 1. The molecule has 35 heavy (non-hydrogen) atoms. The van der Waals surface area contributed by atoms with Crippen LogP contribution in [0.25, 0.3) is 0 Å². The highest BCUT2D eigenvalue weighted by Gasteiger charge is 2.32. The van der Waals surface area contributed by atoms with Gasteiger partial charge < -0.3 is 15.1 Å². The van der Waals surface area contributed by atoms with Crippen molar-refractivity contribution in [2.45, 2.75) is 38.5 Å². The molecular formula is C26H34F3N5O. The minimum atomic E-state index is -4.52. The van der Waals surface area contributed by atoms with E-state index in [4.69, 9.17) is 0 Å². The number of pyridine rings is 1. The molecule has 2 aromatic rings. The van der Waals surface area contributed by atoms with E-state index in [-0.39, 0.29) is 24.7 Å². The van der Waals surface area contributed by atoms with Crippen molar-refractivity contribution in [3.05, 3.63) is 58.9 Å². The second-order valence-corrected chi connectivity index (χ2v) is 9.86. The Kier molecular flexibility index (Phi) is 7.96. The van der Waals surface area contributed by atoms with E-state index in [1.54, 1.807) is 4.90 Å². The number of fused-ring (bicyclic) bond motifs is 1. The Balaban J connectivity index is 1.41. The molecule has 1 aromatic carbocycles. The summed E-state index contributed by atoms with van der Waals surface area (Å²) >= 11 is 0. The first-order valence-electron chi connectivity index (χ1n) is 12.2. The minimum absolute atomic E-state index is 0.0291. The van der Waals surface area contributed by atoms with Crippen molar-refractivity contribution in [1.29, 1.82) is 0 Å². The smallest absolute Gasteiger partial charge is 0.376 e. The highest BCUT2D eigenvalue weighted by molar-refractivity contribution is 5.81. The second kappa shape index (κ2) is 11.0. The molecule has 1 N–H and O–H groups in total. The molecular weight excluding hydrogens is 455 g/mol. The number of likely N-dealkylation sites (N-methyl/N-ethyl adjacent to an activating group) is 1. The molecule has 1 saturated carbocycles. The molecule has 2 heterocycles. The van der Waals surface area contributed by atoms with Gasteiger partial charge in [0.15, 0.2) is 0 Å². The Morgan fingerprint density at radius 1 is 1.14 bits per heavy atom. The average Bonchev–Trinajstić information content (AvgIpc) is 3.63. The van der Waals surface area contributed by atoms with E-state index >= 15 is 0 Å². The van der Waals surface area contributed by atoms with Gasteiger partial charge in [0.05, 0.1) is 18.8 Å². The Morgan fingerprint density at radius 2 is 1.91 bits per heavy atom. The van der Waals surface area contributed by atoms with E-state index in [0.29, 0.717) is 13.1 Å². The summed E-state index contributed by atoms with van der Waals surface area (Å²) in [5.74, 6) is 0.685. The molecule has 1 fully saturated rings. The summed E-state index contributed by atoms with van der Waals surface area (Å²) in [6.07, 6.45) is -0.893. The highest BCUT2D eigenvalue weighted by Crippen LogP contribution is 2.33. The maximum Gasteiger partial charge on any atom is 0.433 e. The maximum absolute atomic E-state index is 13.2. The molecule has 190 valence electrons. The number of aromatic nitrogens is 1. The van der Waals surface area contributed by atoms with Crippen LogP contribution in [0, 0.1) is 5.92 Å². The topological polar surface area (TPSA) is 51.7 Å². The number of anilines is 1. The molecule has 0 bridgehead atoms. The Bertz CT molecular complexity index is 1020. The summed E-state index contributed by atoms with van der Waals surface area (Å²) in [5, 5.41) is 3.31. The minimum Gasteiger partial charge on any atom is -0.376 e. The number of nitrogens with one attached hydrogen (secondary N) is 1. The van der Waals surface area contributed by atoms with Gasteiger partial charge in [-0.25, -0.2) is 4.98 Å². The van der Waals surface area contributed by atoms with Crippen LogP contribution in [0.4, 0.5) is 18.9 Å². The fourth-order valence-electron chi connectivity index (χ4n) is 4.47. The third-order valence-electron chi connectivity index (χ3n) is 6.61. The lowest BCUT2D eigenvalue weighted by Gasteiger charge is -2.30. The van der Waals surface area contributed by atoms with Gasteiger partial charge in [-0.15, -0.1) is 0 Å². The van der Waals surface area contributed by atoms with Gasteiger partial charge in [-0.2, -0.15) is 13.2 Å². The van der Waals surface area contributed by atoms with Gasteiger partial charge in [0.1, 0.15) is 5.69 Å². The van der Waals surface area contributed by atoms with Crippen LogP contribution >= 0.6 is 0 Å². The Labute approximate surface area is 205 Å². The first-order valence-corrected chi connectivity index (χ1v) is 12.2. The molecule has 1 aliphatic carbocycles. The lowest BCUT2D eigenvalue weighted by Crippen LogP contribution is -2.40. The molecule has 4 rings (SSSR count). The van der Waals surface area contributed by atoms with Crippen molar-refractivity contribution in [2.75, 3.05) is 52.1 Å². The van der Waals surface area contributed by atoms with Gasteiger partial charge in [0.25, 0.3) is 0 Å². The molecule has 0 saturated heterocycles.